The van der Waals surface area contributed by atoms with Crippen molar-refractivity contribution in [2.75, 3.05) is 13.1 Å². The van der Waals surface area contributed by atoms with E-state index in [1.165, 1.54) is 0 Å². The van der Waals surface area contributed by atoms with Crippen LogP contribution in [0.3, 0.4) is 0 Å². The lowest BCUT2D eigenvalue weighted by atomic mass is 9.84. The Hall–Kier alpha value is -2.08. The Morgan fingerprint density at radius 3 is 2.32 bits per heavy atom. The fraction of sp³-hybridized carbons (Fsp3) is 0.227. The van der Waals surface area contributed by atoms with Gasteiger partial charge in [0.25, 0.3) is 5.91 Å². The van der Waals surface area contributed by atoms with E-state index < -0.39 is 5.60 Å². The number of amides is 1. The molecule has 0 bridgehead atoms. The van der Waals surface area contributed by atoms with Crippen LogP contribution < -0.4 is 0 Å². The van der Waals surface area contributed by atoms with Crippen LogP contribution >= 0.6 is 27.5 Å². The van der Waals surface area contributed by atoms with E-state index >= 15 is 0 Å². The van der Waals surface area contributed by atoms with E-state index in [-0.39, 0.29) is 5.91 Å². The molecular formula is C22H20BrClN2O2. The summed E-state index contributed by atoms with van der Waals surface area (Å²) in [5, 5.41) is 11.7. The molecule has 1 saturated heterocycles. The average molecular weight is 460 g/mol. The molecule has 2 heterocycles. The van der Waals surface area contributed by atoms with Gasteiger partial charge in [-0.15, -0.1) is 0 Å². The number of carbonyl (C=O) groups is 1. The molecule has 1 aromatic heterocycles. The SMILES string of the molecule is O=C(c1cc(Br)ccc1-n1cccc1)N1CCC(O)(c2ccc(Cl)cc2)CC1. The first-order valence-corrected chi connectivity index (χ1v) is 10.3. The van der Waals surface area contributed by atoms with E-state index in [0.717, 1.165) is 15.7 Å². The Bertz CT molecular complexity index is 978. The molecule has 28 heavy (non-hydrogen) atoms. The number of nitrogens with zero attached hydrogens (tertiary/aromatic N) is 2. The van der Waals surface area contributed by atoms with Gasteiger partial charge >= 0.3 is 0 Å². The molecule has 4 nitrogen and oxygen atoms in total. The zero-order valence-corrected chi connectivity index (χ0v) is 17.5. The molecule has 1 amide bonds. The number of aliphatic hydroxyl groups is 1. The number of carbonyl (C=O) groups excluding carboxylic acids is 1. The van der Waals surface area contributed by atoms with E-state index in [0.29, 0.717) is 36.5 Å². The molecule has 0 atom stereocenters. The molecule has 1 fully saturated rings. The number of hydrogen-bond donors (Lipinski definition) is 1. The second-order valence-electron chi connectivity index (χ2n) is 7.08. The first-order chi connectivity index (χ1) is 13.5. The highest BCUT2D eigenvalue weighted by molar-refractivity contribution is 9.10. The number of rotatable bonds is 3. The highest BCUT2D eigenvalue weighted by Crippen LogP contribution is 2.34. The largest absolute Gasteiger partial charge is 0.385 e. The highest BCUT2D eigenvalue weighted by atomic mass is 79.9. The predicted octanol–water partition coefficient (Wildman–Crippen LogP) is 5.02. The lowest BCUT2D eigenvalue weighted by Gasteiger charge is -2.38. The Balaban J connectivity index is 1.55. The lowest BCUT2D eigenvalue weighted by molar-refractivity contribution is -0.0211. The van der Waals surface area contributed by atoms with Gasteiger partial charge in [0.15, 0.2) is 0 Å². The molecule has 2 aromatic carbocycles. The van der Waals surface area contributed by atoms with E-state index in [1.807, 2.05) is 64.3 Å². The molecule has 1 N–H and O–H groups in total. The third-order valence-corrected chi connectivity index (χ3v) is 6.08. The van der Waals surface area contributed by atoms with Crippen LogP contribution in [-0.4, -0.2) is 33.6 Å². The third kappa shape index (κ3) is 3.75. The van der Waals surface area contributed by atoms with Crippen LogP contribution in [0.15, 0.2) is 71.5 Å². The lowest BCUT2D eigenvalue weighted by Crippen LogP contribution is -2.45. The standard InChI is InChI=1S/C22H20BrClN2O2/c23-17-5-8-20(25-11-1-2-12-25)19(15-17)21(27)26-13-9-22(28,10-14-26)16-3-6-18(24)7-4-16/h1-8,11-12,15,28H,9-10,13-14H2. The minimum atomic E-state index is -0.929. The van der Waals surface area contributed by atoms with Gasteiger partial charge in [0.2, 0.25) is 0 Å². The molecular weight excluding hydrogens is 440 g/mol. The number of benzene rings is 2. The van der Waals surface area contributed by atoms with Gasteiger partial charge in [-0.3, -0.25) is 4.79 Å². The highest BCUT2D eigenvalue weighted by Gasteiger charge is 2.36. The summed E-state index contributed by atoms with van der Waals surface area (Å²) in [6, 6.07) is 16.9. The van der Waals surface area contributed by atoms with Crippen molar-refractivity contribution >= 4 is 33.4 Å². The van der Waals surface area contributed by atoms with Crippen molar-refractivity contribution in [3.05, 3.63) is 87.6 Å². The van der Waals surface area contributed by atoms with Crippen molar-refractivity contribution in [3.63, 3.8) is 0 Å². The molecule has 0 saturated carbocycles. The van der Waals surface area contributed by atoms with E-state index in [9.17, 15) is 9.90 Å². The maximum atomic E-state index is 13.3. The molecule has 0 radical (unpaired) electrons. The Kier molecular flexibility index (Phi) is 5.32. The van der Waals surface area contributed by atoms with E-state index in [4.69, 9.17) is 11.6 Å². The smallest absolute Gasteiger partial charge is 0.256 e. The summed E-state index contributed by atoms with van der Waals surface area (Å²) in [6.07, 6.45) is 4.84. The first kappa shape index (κ1) is 19.2. The third-order valence-electron chi connectivity index (χ3n) is 5.33. The zero-order valence-electron chi connectivity index (χ0n) is 15.2. The van der Waals surface area contributed by atoms with Gasteiger partial charge in [0.05, 0.1) is 16.9 Å². The van der Waals surface area contributed by atoms with Crippen LogP contribution in [-0.2, 0) is 5.60 Å². The molecule has 6 heteroatoms. The molecule has 3 aromatic rings. The molecule has 1 aliphatic rings. The molecule has 0 unspecified atom stereocenters. The van der Waals surface area contributed by atoms with Gasteiger partial charge in [-0.2, -0.15) is 0 Å². The number of likely N-dealkylation sites (tertiary alicyclic amines) is 1. The van der Waals surface area contributed by atoms with Crippen LogP contribution in [0.2, 0.25) is 5.02 Å². The molecule has 0 spiro atoms. The second kappa shape index (κ2) is 7.74. The maximum absolute atomic E-state index is 13.3. The van der Waals surface area contributed by atoms with Crippen molar-refractivity contribution in [3.8, 4) is 5.69 Å². The summed E-state index contributed by atoms with van der Waals surface area (Å²) in [7, 11) is 0. The molecule has 144 valence electrons. The van der Waals surface area contributed by atoms with E-state index in [2.05, 4.69) is 15.9 Å². The van der Waals surface area contributed by atoms with Crippen LogP contribution in [0.5, 0.6) is 0 Å². The molecule has 1 aliphatic heterocycles. The van der Waals surface area contributed by atoms with Crippen molar-refractivity contribution < 1.29 is 9.90 Å². The molecule has 4 rings (SSSR count). The van der Waals surface area contributed by atoms with Crippen molar-refractivity contribution in [2.24, 2.45) is 0 Å². The van der Waals surface area contributed by atoms with Crippen molar-refractivity contribution in [1.29, 1.82) is 0 Å². The zero-order chi connectivity index (χ0) is 19.7. The monoisotopic (exact) mass is 458 g/mol. The fourth-order valence-electron chi connectivity index (χ4n) is 3.70. The second-order valence-corrected chi connectivity index (χ2v) is 8.43. The fourth-order valence-corrected chi connectivity index (χ4v) is 4.19. The van der Waals surface area contributed by atoms with Crippen LogP contribution in [0.1, 0.15) is 28.8 Å². The minimum absolute atomic E-state index is 0.0249. The van der Waals surface area contributed by atoms with Crippen molar-refractivity contribution in [1.82, 2.24) is 9.47 Å². The number of halogens is 2. The van der Waals surface area contributed by atoms with Crippen LogP contribution in [0, 0.1) is 0 Å². The topological polar surface area (TPSA) is 45.5 Å². The first-order valence-electron chi connectivity index (χ1n) is 9.17. The van der Waals surface area contributed by atoms with Gasteiger partial charge in [-0.1, -0.05) is 39.7 Å². The quantitative estimate of drug-likeness (QED) is 0.598. The van der Waals surface area contributed by atoms with Gasteiger partial charge in [-0.05, 0) is 60.9 Å². The normalized spacial score (nSPS) is 16.2. The number of hydrogen-bond acceptors (Lipinski definition) is 2. The minimum Gasteiger partial charge on any atom is -0.385 e. The molecule has 0 aliphatic carbocycles. The summed E-state index contributed by atoms with van der Waals surface area (Å²) >= 11 is 9.43. The van der Waals surface area contributed by atoms with Gasteiger partial charge in [-0.25, -0.2) is 0 Å². The van der Waals surface area contributed by atoms with Crippen molar-refractivity contribution in [2.45, 2.75) is 18.4 Å². The summed E-state index contributed by atoms with van der Waals surface area (Å²) in [6.45, 7) is 0.991. The summed E-state index contributed by atoms with van der Waals surface area (Å²) in [4.78, 5) is 15.1. The average Bonchev–Trinajstić information content (AvgIpc) is 3.23. The Morgan fingerprint density at radius 2 is 1.68 bits per heavy atom. The van der Waals surface area contributed by atoms with Crippen LogP contribution in [0.4, 0.5) is 0 Å². The van der Waals surface area contributed by atoms with Gasteiger partial charge < -0.3 is 14.6 Å². The van der Waals surface area contributed by atoms with Gasteiger partial charge in [0.1, 0.15) is 0 Å². The summed E-state index contributed by atoms with van der Waals surface area (Å²) in [5.41, 5.74) is 1.40. The number of aromatic nitrogens is 1. The summed E-state index contributed by atoms with van der Waals surface area (Å²) in [5.74, 6) is -0.0249. The van der Waals surface area contributed by atoms with E-state index in [1.54, 1.807) is 12.1 Å². The summed E-state index contributed by atoms with van der Waals surface area (Å²) < 4.78 is 2.80. The predicted molar refractivity (Wildman–Crippen MR) is 114 cm³/mol. The van der Waals surface area contributed by atoms with Gasteiger partial charge in [0, 0.05) is 35.0 Å². The number of piperidine rings is 1. The van der Waals surface area contributed by atoms with Crippen LogP contribution in [0.25, 0.3) is 5.69 Å². The Morgan fingerprint density at radius 1 is 1.04 bits per heavy atom. The maximum Gasteiger partial charge on any atom is 0.256 e. The Labute approximate surface area is 177 Å².